The molecule has 6 heteroatoms. The molecule has 0 fully saturated rings. The third kappa shape index (κ3) is 2.53. The van der Waals surface area contributed by atoms with Crippen LogP contribution in [0, 0.1) is 11.6 Å². The van der Waals surface area contributed by atoms with Crippen LogP contribution < -0.4 is 0 Å². The molecule has 0 aliphatic carbocycles. The van der Waals surface area contributed by atoms with Crippen LogP contribution >= 0.6 is 0 Å². The molecule has 0 aromatic heterocycles. The summed E-state index contributed by atoms with van der Waals surface area (Å²) in [7, 11) is -3.82. The van der Waals surface area contributed by atoms with Crippen molar-refractivity contribution in [2.45, 2.75) is 24.3 Å². The van der Waals surface area contributed by atoms with Gasteiger partial charge in [0.25, 0.3) is 0 Å². The summed E-state index contributed by atoms with van der Waals surface area (Å²) in [5, 5.41) is 0. The maximum Gasteiger partial charge on any atom is 0.243 e. The summed E-state index contributed by atoms with van der Waals surface area (Å²) in [6, 6.07) is 8.87. The smallest absolute Gasteiger partial charge is 0.207 e. The Morgan fingerprint density at radius 2 is 1.82 bits per heavy atom. The van der Waals surface area contributed by atoms with Gasteiger partial charge in [-0.1, -0.05) is 12.1 Å². The molecule has 3 nitrogen and oxygen atoms in total. The Balaban J connectivity index is 2.03. The summed E-state index contributed by atoms with van der Waals surface area (Å²) in [4.78, 5) is -0.0841. The van der Waals surface area contributed by atoms with Gasteiger partial charge in [0.05, 0.1) is 4.90 Å². The van der Waals surface area contributed by atoms with E-state index in [9.17, 15) is 17.2 Å². The summed E-state index contributed by atoms with van der Waals surface area (Å²) in [6.07, 6.45) is 0.508. The van der Waals surface area contributed by atoms with E-state index in [1.165, 1.54) is 34.6 Å². The zero-order chi connectivity index (χ0) is 15.9. The third-order valence-electron chi connectivity index (χ3n) is 3.99. The lowest BCUT2D eigenvalue weighted by atomic mass is 9.95. The zero-order valence-electron chi connectivity index (χ0n) is 12.0. The van der Waals surface area contributed by atoms with Crippen molar-refractivity contribution in [3.05, 3.63) is 65.2 Å². The van der Waals surface area contributed by atoms with Gasteiger partial charge in [0.1, 0.15) is 11.6 Å². The summed E-state index contributed by atoms with van der Waals surface area (Å²) >= 11 is 0. The van der Waals surface area contributed by atoms with E-state index >= 15 is 0 Å². The predicted octanol–water partition coefficient (Wildman–Crippen LogP) is 3.27. The van der Waals surface area contributed by atoms with Gasteiger partial charge in [-0.05, 0) is 54.8 Å². The maximum absolute atomic E-state index is 13.4. The molecule has 0 saturated carbocycles. The van der Waals surface area contributed by atoms with Crippen LogP contribution in [0.4, 0.5) is 8.78 Å². The molecule has 0 saturated heterocycles. The van der Waals surface area contributed by atoms with Gasteiger partial charge < -0.3 is 0 Å². The summed E-state index contributed by atoms with van der Waals surface area (Å²) in [5.74, 6) is -0.993. The van der Waals surface area contributed by atoms with Gasteiger partial charge in [-0.2, -0.15) is 4.31 Å². The lowest BCUT2D eigenvalue weighted by Gasteiger charge is -2.34. The van der Waals surface area contributed by atoms with Crippen molar-refractivity contribution >= 4 is 10.0 Å². The van der Waals surface area contributed by atoms with Crippen LogP contribution in [0.2, 0.25) is 0 Å². The first-order valence-corrected chi connectivity index (χ1v) is 8.39. The maximum atomic E-state index is 13.4. The van der Waals surface area contributed by atoms with Crippen LogP contribution in [0.5, 0.6) is 0 Å². The van der Waals surface area contributed by atoms with E-state index in [2.05, 4.69) is 0 Å². The van der Waals surface area contributed by atoms with E-state index in [-0.39, 0.29) is 4.90 Å². The minimum atomic E-state index is -3.82. The number of nitrogens with zero attached hydrogens (tertiary/aromatic N) is 1. The Labute approximate surface area is 128 Å². The van der Waals surface area contributed by atoms with E-state index in [0.29, 0.717) is 18.5 Å². The molecular weight excluding hydrogens is 308 g/mol. The molecule has 116 valence electrons. The van der Waals surface area contributed by atoms with Crippen molar-refractivity contribution in [2.75, 3.05) is 6.54 Å². The highest BCUT2D eigenvalue weighted by Gasteiger charge is 2.34. The molecule has 0 radical (unpaired) electrons. The van der Waals surface area contributed by atoms with Crippen molar-refractivity contribution in [3.8, 4) is 0 Å². The second kappa shape index (κ2) is 5.44. The van der Waals surface area contributed by atoms with Crippen LogP contribution in [0.1, 0.15) is 24.1 Å². The van der Waals surface area contributed by atoms with Gasteiger partial charge in [0.2, 0.25) is 10.0 Å². The normalized spacial score (nSPS) is 19.0. The monoisotopic (exact) mass is 323 g/mol. The average molecular weight is 323 g/mol. The Morgan fingerprint density at radius 3 is 2.55 bits per heavy atom. The molecule has 0 N–H and O–H groups in total. The molecule has 2 aromatic carbocycles. The molecular formula is C16H15F2NO2S. The Morgan fingerprint density at radius 1 is 1.09 bits per heavy atom. The molecule has 1 aliphatic rings. The van der Waals surface area contributed by atoms with E-state index in [4.69, 9.17) is 0 Å². The predicted molar refractivity (Wildman–Crippen MR) is 78.8 cm³/mol. The van der Waals surface area contributed by atoms with Crippen LogP contribution in [0.25, 0.3) is 0 Å². The van der Waals surface area contributed by atoms with Gasteiger partial charge in [-0.15, -0.1) is 0 Å². The van der Waals surface area contributed by atoms with Crippen molar-refractivity contribution < 1.29 is 17.2 Å². The van der Waals surface area contributed by atoms with E-state index in [1.54, 1.807) is 13.0 Å². The number of fused-ring (bicyclic) bond motifs is 1. The van der Waals surface area contributed by atoms with Crippen LogP contribution in [0.15, 0.2) is 47.4 Å². The molecule has 22 heavy (non-hydrogen) atoms. The van der Waals surface area contributed by atoms with E-state index < -0.39 is 27.7 Å². The van der Waals surface area contributed by atoms with Crippen LogP contribution in [-0.2, 0) is 16.4 Å². The van der Waals surface area contributed by atoms with Crippen molar-refractivity contribution in [2.24, 2.45) is 0 Å². The Bertz CT molecular complexity index is 821. The third-order valence-corrected chi connectivity index (χ3v) is 5.96. The highest BCUT2D eigenvalue weighted by Crippen LogP contribution is 2.34. The minimum Gasteiger partial charge on any atom is -0.207 e. The van der Waals surface area contributed by atoms with Gasteiger partial charge in [-0.3, -0.25) is 0 Å². The molecule has 1 unspecified atom stereocenters. The second-order valence-corrected chi connectivity index (χ2v) is 7.23. The van der Waals surface area contributed by atoms with Gasteiger partial charge in [0, 0.05) is 12.6 Å². The van der Waals surface area contributed by atoms with Crippen molar-refractivity contribution in [1.29, 1.82) is 0 Å². The standard InChI is InChI=1S/C16H15F2NO2S/c1-11-16-10-14(18)6-5-12(16)7-8-19(11)22(20,21)15-4-2-3-13(17)9-15/h2-6,9-11H,7-8H2,1H3. The summed E-state index contributed by atoms with van der Waals surface area (Å²) in [5.41, 5.74) is 1.60. The van der Waals surface area contributed by atoms with Crippen LogP contribution in [-0.4, -0.2) is 19.3 Å². The van der Waals surface area contributed by atoms with Crippen molar-refractivity contribution in [1.82, 2.24) is 4.31 Å². The molecule has 0 bridgehead atoms. The van der Waals surface area contributed by atoms with E-state index in [1.807, 2.05) is 0 Å². The highest BCUT2D eigenvalue weighted by atomic mass is 32.2. The van der Waals surface area contributed by atoms with Gasteiger partial charge in [0.15, 0.2) is 0 Å². The number of halogens is 2. The van der Waals surface area contributed by atoms with Crippen LogP contribution in [0.3, 0.4) is 0 Å². The molecule has 1 heterocycles. The Kier molecular flexibility index (Phi) is 3.74. The molecule has 0 spiro atoms. The van der Waals surface area contributed by atoms with Gasteiger partial charge in [-0.25, -0.2) is 17.2 Å². The van der Waals surface area contributed by atoms with Gasteiger partial charge >= 0.3 is 0 Å². The largest absolute Gasteiger partial charge is 0.243 e. The number of sulfonamides is 1. The number of hydrogen-bond acceptors (Lipinski definition) is 2. The topological polar surface area (TPSA) is 37.4 Å². The first kappa shape index (κ1) is 15.1. The fourth-order valence-electron chi connectivity index (χ4n) is 2.85. The zero-order valence-corrected chi connectivity index (χ0v) is 12.8. The fourth-order valence-corrected chi connectivity index (χ4v) is 4.50. The lowest BCUT2D eigenvalue weighted by Crippen LogP contribution is -2.38. The average Bonchev–Trinajstić information content (AvgIpc) is 2.48. The second-order valence-electron chi connectivity index (χ2n) is 5.34. The number of rotatable bonds is 2. The fraction of sp³-hybridized carbons (Fsp3) is 0.250. The quantitative estimate of drug-likeness (QED) is 0.850. The lowest BCUT2D eigenvalue weighted by molar-refractivity contribution is 0.325. The highest BCUT2D eigenvalue weighted by molar-refractivity contribution is 7.89. The molecule has 3 rings (SSSR count). The minimum absolute atomic E-state index is 0.0841. The Hall–Kier alpha value is -1.79. The number of hydrogen-bond donors (Lipinski definition) is 0. The molecule has 1 atom stereocenters. The first-order valence-electron chi connectivity index (χ1n) is 6.95. The van der Waals surface area contributed by atoms with E-state index in [0.717, 1.165) is 11.6 Å². The number of benzene rings is 2. The molecule has 0 amide bonds. The molecule has 2 aromatic rings. The molecule has 1 aliphatic heterocycles. The van der Waals surface area contributed by atoms with Crippen molar-refractivity contribution in [3.63, 3.8) is 0 Å². The first-order chi connectivity index (χ1) is 10.4. The summed E-state index contributed by atoms with van der Waals surface area (Å²) < 4.78 is 53.5. The summed E-state index contributed by atoms with van der Waals surface area (Å²) in [6.45, 7) is 2.01. The SMILES string of the molecule is CC1c2cc(F)ccc2CCN1S(=O)(=O)c1cccc(F)c1.